The van der Waals surface area contributed by atoms with Crippen LogP contribution in [0.25, 0.3) is 133 Å². The summed E-state index contributed by atoms with van der Waals surface area (Å²) in [5.41, 5.74) is 13.5. The second-order valence-corrected chi connectivity index (χ2v) is 38.5. The van der Waals surface area contributed by atoms with Gasteiger partial charge in [-0.1, -0.05) is 230 Å². The number of imidazole rings is 4. The van der Waals surface area contributed by atoms with Crippen LogP contribution in [0, 0.1) is 52.1 Å². The molecule has 4 aromatic heterocycles. The number of H-pyrrole nitrogens is 4. The van der Waals surface area contributed by atoms with Gasteiger partial charge in [0.15, 0.2) is 41.9 Å². The molecule has 25 nitrogen and oxygen atoms in total. The summed E-state index contributed by atoms with van der Waals surface area (Å²) in [4.78, 5) is 28.6. The number of benzene rings is 12. The molecule has 6 fully saturated rings. The number of aromatic amines is 4. The number of hydrogen-bond acceptors (Lipinski definition) is 21. The van der Waals surface area contributed by atoms with Gasteiger partial charge >= 0.3 is 0 Å². The van der Waals surface area contributed by atoms with Crippen molar-refractivity contribution in [2.75, 3.05) is 52.9 Å². The maximum Gasteiger partial charge on any atom is 0.295 e. The van der Waals surface area contributed by atoms with Crippen LogP contribution in [-0.2, 0) is 33.8 Å². The highest BCUT2D eigenvalue weighted by atomic mass is 35.5. The van der Waals surface area contributed by atoms with Crippen molar-refractivity contribution in [3.63, 3.8) is 0 Å². The van der Waals surface area contributed by atoms with E-state index in [2.05, 4.69) is 113 Å². The average molecular weight is 2060 g/mol. The fourth-order valence-electron chi connectivity index (χ4n) is 19.7. The second-order valence-electron chi connectivity index (χ2n) is 38.1. The van der Waals surface area contributed by atoms with Gasteiger partial charge in [0.05, 0.1) is 137 Å². The van der Waals surface area contributed by atoms with E-state index in [1.807, 2.05) is 82.3 Å². The SMILES string of the molecule is C.CC[C@H]1OC[C@@H](Oc2nc3c(F)c(-c4ccc(-c5ccc(C#N)cc5F)cc4)c(F)cc3[nH]2)[C@@H]1O.CC[C@H]1OC[C@@H](Oc2nc3c(F)c(-c4ccc(-c5ccc(C(C)(CO)CO)cc5)cc4)c(F)cc3[nH]2)[C@@H]1O.CC[C@H]1OC[C@@H](Oc2nc3c(F)c(-c4ccc(-c5ccc(C6CCCCO6)cc5)cc4)c(F)cc3[nH]2)[C@@H]1O.CC[C@H]1OC[C@@H](Oc2nc3cc(-c4ccc(-c5ccc(C6CCCCO6)cc5)cc4)c(Cl)cc3[nH]2)[C@@H]1O. The number of fused-ring (bicyclic) bond motifs is 4. The molecule has 6 aliphatic rings. The van der Waals surface area contributed by atoms with Gasteiger partial charge in [0, 0.05) is 48.0 Å². The first kappa shape index (κ1) is 105. The third kappa shape index (κ3) is 22.6. The Labute approximate surface area is 860 Å². The average Bonchev–Trinajstić information content (AvgIpc) is 1.67. The molecule has 0 aliphatic carbocycles. The summed E-state index contributed by atoms with van der Waals surface area (Å²) in [6, 6.07) is 66.5. The quantitative estimate of drug-likeness (QED) is 0.0238. The van der Waals surface area contributed by atoms with Crippen LogP contribution in [0.3, 0.4) is 0 Å². The van der Waals surface area contributed by atoms with Crippen molar-refractivity contribution in [1.29, 1.82) is 5.26 Å². The number of nitriles is 1. The highest BCUT2D eigenvalue weighted by Gasteiger charge is 2.42. The van der Waals surface area contributed by atoms with E-state index in [4.69, 9.17) is 64.2 Å². The first-order valence-electron chi connectivity index (χ1n) is 49.8. The number of aliphatic hydroxyl groups excluding tert-OH is 6. The number of hydrogen-bond donors (Lipinski definition) is 10. The zero-order valence-electron chi connectivity index (χ0n) is 81.6. The summed E-state index contributed by atoms with van der Waals surface area (Å²) in [6.45, 7) is 11.6. The molecule has 0 radical (unpaired) electrons. The summed E-state index contributed by atoms with van der Waals surface area (Å²) in [5, 5.41) is 70.0. The fraction of sp³-hybridized carbons (Fsp3) is 0.336. The van der Waals surface area contributed by atoms with Crippen molar-refractivity contribution in [3.05, 3.63) is 286 Å². The van der Waals surface area contributed by atoms with Crippen LogP contribution in [0.1, 0.15) is 141 Å². The lowest BCUT2D eigenvalue weighted by Gasteiger charge is -2.25. The Balaban J connectivity index is 0.000000130. The molecule has 6 aliphatic heterocycles. The maximum atomic E-state index is 15.5. The molecule has 33 heteroatoms. The Hall–Kier alpha value is -13.5. The Kier molecular flexibility index (Phi) is 32.8. The zero-order valence-corrected chi connectivity index (χ0v) is 82.4. The summed E-state index contributed by atoms with van der Waals surface area (Å²) in [5.74, 6) is -5.29. The van der Waals surface area contributed by atoms with Crippen LogP contribution in [0.15, 0.2) is 218 Å². The van der Waals surface area contributed by atoms with Crippen LogP contribution in [0.5, 0.6) is 24.0 Å². The van der Waals surface area contributed by atoms with Gasteiger partial charge < -0.3 is 97.9 Å². The van der Waals surface area contributed by atoms with E-state index >= 15 is 22.0 Å². The van der Waals surface area contributed by atoms with Gasteiger partial charge in [-0.3, -0.25) is 0 Å². The molecule has 0 amide bonds. The van der Waals surface area contributed by atoms with Crippen molar-refractivity contribution in [2.45, 2.75) is 197 Å². The zero-order chi connectivity index (χ0) is 103. The molecule has 10 N–H and O–H groups in total. The highest BCUT2D eigenvalue weighted by Crippen LogP contribution is 2.43. The topological polar surface area (TPSA) is 352 Å². The molecular weight excluding hydrogens is 1940 g/mol. The van der Waals surface area contributed by atoms with Gasteiger partial charge in [0.25, 0.3) is 24.0 Å². The van der Waals surface area contributed by atoms with E-state index in [1.165, 1.54) is 65.9 Å². The van der Waals surface area contributed by atoms with Gasteiger partial charge in [0.2, 0.25) is 0 Å². The molecular formula is C116H115ClF7N9O16. The van der Waals surface area contributed by atoms with Crippen LogP contribution in [0.4, 0.5) is 30.7 Å². The summed E-state index contributed by atoms with van der Waals surface area (Å²) in [7, 11) is 0. The molecule has 12 aromatic carbocycles. The number of aromatic nitrogens is 8. The van der Waals surface area contributed by atoms with E-state index in [0.717, 1.165) is 113 Å². The van der Waals surface area contributed by atoms with E-state index in [1.54, 1.807) is 55.5 Å². The lowest BCUT2D eigenvalue weighted by atomic mass is 9.83. The Morgan fingerprint density at radius 2 is 0.678 bits per heavy atom. The number of rotatable bonds is 25. The monoisotopic (exact) mass is 2060 g/mol. The predicted molar refractivity (Wildman–Crippen MR) is 552 cm³/mol. The molecule has 2 unspecified atom stereocenters. The Morgan fingerprint density at radius 3 is 0.987 bits per heavy atom. The molecule has 0 saturated carbocycles. The van der Waals surface area contributed by atoms with Gasteiger partial charge in [-0.2, -0.15) is 25.2 Å². The minimum atomic E-state index is -0.877. The van der Waals surface area contributed by atoms with Crippen LogP contribution >= 0.6 is 11.6 Å². The molecule has 0 spiro atoms. The predicted octanol–water partition coefficient (Wildman–Crippen LogP) is 23.1. The first-order chi connectivity index (χ1) is 71.8. The Morgan fingerprint density at radius 1 is 0.369 bits per heavy atom. The Bertz CT molecular complexity index is 7390. The lowest BCUT2D eigenvalue weighted by molar-refractivity contribution is 0.0149. The van der Waals surface area contributed by atoms with E-state index < -0.39 is 95.0 Å². The van der Waals surface area contributed by atoms with Crippen LogP contribution in [-0.4, -0.2) is 197 Å². The van der Waals surface area contributed by atoms with E-state index in [-0.39, 0.29) is 162 Å². The van der Waals surface area contributed by atoms with Crippen molar-refractivity contribution in [3.8, 4) is 119 Å². The fourth-order valence-corrected chi connectivity index (χ4v) is 20.0. The molecule has 14 atom stereocenters. The van der Waals surface area contributed by atoms with Gasteiger partial charge in [-0.15, -0.1) is 0 Å². The molecule has 10 heterocycles. The molecule has 16 aromatic rings. The standard InChI is InChI=1S/C30H31ClN2O4.C30H30F2N2O4.C29H30F2N2O5.C26H20F3N3O3.CH4/c1-2-26-29(34)28(17-36-26)37-30-32-24-15-22(23(31)16-25(24)33-30)20-10-6-18(7-11-20)19-8-12-21(13-9-19)27-5-3-4-14-35-27;1-2-23-29(35)25(16-37-23)38-30-33-22-15-21(31)26(27(32)28(22)34-30)20-12-8-18(9-13-20)17-6-10-19(11-7-17)24-5-3-4-14-36-24;1-3-22-27(36)23(13-37-22)38-28-32-21-12-20(30)24(25(31)26(21)33-28)18-6-4-16(5-7-18)17-8-10-19(11-9-17)29(2,14-34)15-35;1-2-20-25(33)21(12-34-20)35-26-31-19-10-18(28)22(23(29)24(19)32-26)15-6-4-14(5-7-15)16-8-3-13(11-30)9-17(16)27;/h6-13,15-16,26-29,34H,2-5,14,17H2,1H3,(H,32,33);6-13,15,23-25,29,35H,2-5,14,16H2,1H3,(H,33,34);4-12,22-23,27,34-36H,3,13-15H2,1-2H3,(H,32,33);3-10,20-21,25,33H,2,12H2,1H3,(H,31,32);1H4/t26-,27?,28-,29-;23-,24?,25-,29-;22-,23-,27-;20-,21-,25-;/m1111./s1. The lowest BCUT2D eigenvalue weighted by Crippen LogP contribution is -2.34. The van der Waals surface area contributed by atoms with E-state index in [0.29, 0.717) is 53.6 Å². The van der Waals surface area contributed by atoms with Gasteiger partial charge in [-0.05, 0) is 166 Å². The van der Waals surface area contributed by atoms with E-state index in [9.17, 15) is 39.4 Å². The largest absolute Gasteiger partial charge is 0.456 e. The summed E-state index contributed by atoms with van der Waals surface area (Å²) < 4.78 is 163. The first-order valence-corrected chi connectivity index (χ1v) is 50.2. The number of aliphatic hydroxyl groups is 6. The number of halogens is 8. The minimum Gasteiger partial charge on any atom is -0.456 e. The molecule has 6 saturated heterocycles. The number of nitrogens with zero attached hydrogens (tertiary/aromatic N) is 5. The number of ether oxygens (including phenoxy) is 10. The van der Waals surface area contributed by atoms with Crippen LogP contribution in [0.2, 0.25) is 5.02 Å². The molecule has 22 rings (SSSR count). The highest BCUT2D eigenvalue weighted by molar-refractivity contribution is 6.34. The summed E-state index contributed by atoms with van der Waals surface area (Å²) >= 11 is 6.67. The van der Waals surface area contributed by atoms with Crippen molar-refractivity contribution in [1.82, 2.24) is 39.9 Å². The molecule has 0 bridgehead atoms. The third-order valence-electron chi connectivity index (χ3n) is 28.4. The molecule has 149 heavy (non-hydrogen) atoms. The normalized spacial score (nSPS) is 21.7. The number of nitrogens with one attached hydrogen (secondary N) is 4. The van der Waals surface area contributed by atoms with Crippen molar-refractivity contribution < 1.29 is 109 Å². The van der Waals surface area contributed by atoms with Crippen LogP contribution < -0.4 is 18.9 Å². The smallest absolute Gasteiger partial charge is 0.295 e. The third-order valence-corrected chi connectivity index (χ3v) is 28.7. The van der Waals surface area contributed by atoms with Gasteiger partial charge in [0.1, 0.15) is 64.2 Å². The second kappa shape index (κ2) is 46.3. The van der Waals surface area contributed by atoms with Crippen molar-refractivity contribution >= 4 is 55.7 Å². The van der Waals surface area contributed by atoms with Crippen molar-refractivity contribution in [2.24, 2.45) is 0 Å². The minimum absolute atomic E-state index is 0. The van der Waals surface area contributed by atoms with Gasteiger partial charge in [-0.25, -0.2) is 30.7 Å². The summed E-state index contributed by atoms with van der Waals surface area (Å²) in [6.07, 6.45) is 2.98. The molecule has 776 valence electrons. The maximum absolute atomic E-state index is 15.5.